The number of rotatable bonds is 2. The first-order valence-electron chi connectivity index (χ1n) is 4.81. The second kappa shape index (κ2) is 3.12. The van der Waals surface area contributed by atoms with Crippen molar-refractivity contribution in [2.24, 2.45) is 29.4 Å². The number of primary amides is 1. The van der Waals surface area contributed by atoms with Crippen LogP contribution in [0.4, 0.5) is 0 Å². The van der Waals surface area contributed by atoms with E-state index in [1.807, 2.05) is 12.2 Å². The molecule has 1 saturated carbocycles. The Hall–Kier alpha value is -1.32. The Morgan fingerprint density at radius 3 is 1.93 bits per heavy atom. The minimum Gasteiger partial charge on any atom is -0.481 e. The average molecular weight is 195 g/mol. The molecule has 4 nitrogen and oxygen atoms in total. The van der Waals surface area contributed by atoms with E-state index in [4.69, 9.17) is 10.8 Å². The predicted octanol–water partition coefficient (Wildman–Crippen LogP) is 0.385. The molecule has 1 amide bonds. The minimum absolute atomic E-state index is 0.00463. The van der Waals surface area contributed by atoms with Crippen molar-refractivity contribution in [2.75, 3.05) is 0 Å². The molecular weight excluding hydrogens is 182 g/mol. The molecular formula is C10H13NO3. The number of carbonyl (C=O) groups is 2. The number of carbonyl (C=O) groups excluding carboxylic acids is 1. The van der Waals surface area contributed by atoms with Gasteiger partial charge in [0.1, 0.15) is 0 Å². The van der Waals surface area contributed by atoms with Crippen LogP contribution in [0.15, 0.2) is 12.2 Å². The van der Waals surface area contributed by atoms with Gasteiger partial charge in [0, 0.05) is 0 Å². The summed E-state index contributed by atoms with van der Waals surface area (Å²) in [5.41, 5.74) is 5.25. The van der Waals surface area contributed by atoms with Gasteiger partial charge in [-0.2, -0.15) is 0 Å². The molecule has 4 heteroatoms. The first kappa shape index (κ1) is 9.24. The van der Waals surface area contributed by atoms with Gasteiger partial charge < -0.3 is 10.8 Å². The lowest BCUT2D eigenvalue weighted by Crippen LogP contribution is -2.47. The number of carboxylic acids is 1. The second-order valence-corrected chi connectivity index (χ2v) is 4.08. The van der Waals surface area contributed by atoms with E-state index < -0.39 is 23.7 Å². The van der Waals surface area contributed by atoms with Crippen LogP contribution in [0.5, 0.6) is 0 Å². The zero-order chi connectivity index (χ0) is 10.3. The quantitative estimate of drug-likeness (QED) is 0.625. The van der Waals surface area contributed by atoms with Crippen molar-refractivity contribution in [2.45, 2.75) is 12.8 Å². The summed E-state index contributed by atoms with van der Waals surface area (Å²) in [4.78, 5) is 22.2. The van der Waals surface area contributed by atoms with Gasteiger partial charge >= 0.3 is 5.97 Å². The summed E-state index contributed by atoms with van der Waals surface area (Å²) in [5.74, 6) is -2.44. The average Bonchev–Trinajstić information content (AvgIpc) is 2.17. The van der Waals surface area contributed by atoms with Gasteiger partial charge in [0.15, 0.2) is 0 Å². The number of hydrogen-bond acceptors (Lipinski definition) is 2. The van der Waals surface area contributed by atoms with Crippen molar-refractivity contribution < 1.29 is 14.7 Å². The maximum Gasteiger partial charge on any atom is 0.307 e. The summed E-state index contributed by atoms with van der Waals surface area (Å²) in [6.07, 6.45) is 5.62. The number of amides is 1. The lowest BCUT2D eigenvalue weighted by molar-refractivity contribution is -0.152. The summed E-state index contributed by atoms with van der Waals surface area (Å²) in [6.45, 7) is 0. The Kier molecular flexibility index (Phi) is 2.06. The molecule has 0 heterocycles. The molecule has 0 saturated heterocycles. The smallest absolute Gasteiger partial charge is 0.307 e. The predicted molar refractivity (Wildman–Crippen MR) is 49.2 cm³/mol. The van der Waals surface area contributed by atoms with Gasteiger partial charge in [0.25, 0.3) is 0 Å². The third-order valence-electron chi connectivity index (χ3n) is 3.36. The van der Waals surface area contributed by atoms with E-state index in [2.05, 4.69) is 0 Å². The molecule has 2 bridgehead atoms. The number of carboxylic acid groups (broad SMARTS) is 1. The molecule has 0 aromatic rings. The summed E-state index contributed by atoms with van der Waals surface area (Å²) in [5, 5.41) is 9.04. The number of nitrogens with two attached hydrogens (primary N) is 1. The highest BCUT2D eigenvalue weighted by atomic mass is 16.4. The zero-order valence-corrected chi connectivity index (χ0v) is 7.72. The highest BCUT2D eigenvalue weighted by Gasteiger charge is 2.47. The lowest BCUT2D eigenvalue weighted by atomic mass is 9.62. The molecule has 76 valence electrons. The standard InChI is InChI=1S/C10H13NO3/c11-9(12)7-5-1-3-6(4-2-5)8(7)10(13)14/h1,3,5-8H,2,4H2,(H2,11,12)(H,13,14)/t5-,6+,7-,8+/m0/s1. The number of hydrogen-bond donors (Lipinski definition) is 2. The molecule has 1 fully saturated rings. The highest BCUT2D eigenvalue weighted by molar-refractivity contribution is 5.85. The molecule has 3 rings (SSSR count). The fourth-order valence-electron chi connectivity index (χ4n) is 2.72. The van der Waals surface area contributed by atoms with Crippen LogP contribution in [0.2, 0.25) is 0 Å². The Balaban J connectivity index is 2.33. The summed E-state index contributed by atoms with van der Waals surface area (Å²) >= 11 is 0. The summed E-state index contributed by atoms with van der Waals surface area (Å²) in [6, 6.07) is 0. The van der Waals surface area contributed by atoms with Crippen LogP contribution in [0.25, 0.3) is 0 Å². The first-order valence-corrected chi connectivity index (χ1v) is 4.81. The van der Waals surface area contributed by atoms with Gasteiger partial charge in [-0.1, -0.05) is 12.2 Å². The molecule has 0 aromatic heterocycles. The van der Waals surface area contributed by atoms with Crippen molar-refractivity contribution in [3.63, 3.8) is 0 Å². The summed E-state index contributed by atoms with van der Waals surface area (Å²) in [7, 11) is 0. The SMILES string of the molecule is NC(=O)[C@@H]1[C@H](C(=O)O)[C@@H]2C=C[C@H]1CC2. The largest absolute Gasteiger partial charge is 0.481 e. The van der Waals surface area contributed by atoms with Crippen LogP contribution >= 0.6 is 0 Å². The molecule has 3 aliphatic carbocycles. The molecule has 0 spiro atoms. The Bertz CT molecular complexity index is 280. The molecule has 0 radical (unpaired) electrons. The van der Waals surface area contributed by atoms with Crippen molar-refractivity contribution >= 4 is 11.9 Å². The minimum atomic E-state index is -0.896. The first-order chi connectivity index (χ1) is 6.61. The Morgan fingerprint density at radius 2 is 1.64 bits per heavy atom. The van der Waals surface area contributed by atoms with Crippen molar-refractivity contribution in [1.82, 2.24) is 0 Å². The van der Waals surface area contributed by atoms with Gasteiger partial charge in [-0.3, -0.25) is 9.59 Å². The van der Waals surface area contributed by atoms with Crippen LogP contribution in [0.1, 0.15) is 12.8 Å². The molecule has 14 heavy (non-hydrogen) atoms. The Morgan fingerprint density at radius 1 is 1.14 bits per heavy atom. The number of allylic oxidation sites excluding steroid dienone is 2. The van der Waals surface area contributed by atoms with E-state index in [0.29, 0.717) is 0 Å². The van der Waals surface area contributed by atoms with Gasteiger partial charge in [0.2, 0.25) is 5.91 Å². The van der Waals surface area contributed by atoms with Crippen LogP contribution < -0.4 is 5.73 Å². The maximum atomic E-state index is 11.2. The van der Waals surface area contributed by atoms with Crippen LogP contribution in [-0.2, 0) is 9.59 Å². The number of fused-ring (bicyclic) bond motifs is 2. The van der Waals surface area contributed by atoms with E-state index in [-0.39, 0.29) is 11.8 Å². The lowest BCUT2D eigenvalue weighted by Gasteiger charge is -2.41. The topological polar surface area (TPSA) is 80.4 Å². The van der Waals surface area contributed by atoms with Crippen LogP contribution in [0, 0.1) is 23.7 Å². The van der Waals surface area contributed by atoms with Crippen LogP contribution in [-0.4, -0.2) is 17.0 Å². The normalized spacial score (nSPS) is 39.7. The van der Waals surface area contributed by atoms with Gasteiger partial charge in [0.05, 0.1) is 11.8 Å². The molecule has 0 aliphatic heterocycles. The van der Waals surface area contributed by atoms with E-state index in [1.165, 1.54) is 0 Å². The molecule has 4 atom stereocenters. The molecule has 0 aromatic carbocycles. The second-order valence-electron chi connectivity index (χ2n) is 4.08. The maximum absolute atomic E-state index is 11.2. The van der Waals surface area contributed by atoms with Gasteiger partial charge in [-0.15, -0.1) is 0 Å². The molecule has 0 unspecified atom stereocenters. The zero-order valence-electron chi connectivity index (χ0n) is 7.72. The van der Waals surface area contributed by atoms with Crippen molar-refractivity contribution in [3.05, 3.63) is 12.2 Å². The van der Waals surface area contributed by atoms with E-state index in [1.54, 1.807) is 0 Å². The third kappa shape index (κ3) is 1.22. The van der Waals surface area contributed by atoms with E-state index in [0.717, 1.165) is 12.8 Å². The summed E-state index contributed by atoms with van der Waals surface area (Å²) < 4.78 is 0. The van der Waals surface area contributed by atoms with Gasteiger partial charge in [-0.25, -0.2) is 0 Å². The fraction of sp³-hybridized carbons (Fsp3) is 0.600. The van der Waals surface area contributed by atoms with Crippen molar-refractivity contribution in [1.29, 1.82) is 0 Å². The molecule has 3 aliphatic rings. The monoisotopic (exact) mass is 195 g/mol. The van der Waals surface area contributed by atoms with Crippen molar-refractivity contribution in [3.8, 4) is 0 Å². The molecule has 3 N–H and O–H groups in total. The van der Waals surface area contributed by atoms with Crippen LogP contribution in [0.3, 0.4) is 0 Å². The van der Waals surface area contributed by atoms with E-state index in [9.17, 15) is 9.59 Å². The number of aliphatic carboxylic acids is 1. The third-order valence-corrected chi connectivity index (χ3v) is 3.36. The fourth-order valence-corrected chi connectivity index (χ4v) is 2.72. The van der Waals surface area contributed by atoms with E-state index >= 15 is 0 Å². The Labute approximate surface area is 81.8 Å². The van der Waals surface area contributed by atoms with Gasteiger partial charge in [-0.05, 0) is 24.7 Å². The highest BCUT2D eigenvalue weighted by Crippen LogP contribution is 2.44.